The van der Waals surface area contributed by atoms with E-state index in [1.165, 1.54) is 25.7 Å². The van der Waals surface area contributed by atoms with Crippen LogP contribution in [0.15, 0.2) is 0 Å². The Labute approximate surface area is 89.9 Å². The van der Waals surface area contributed by atoms with Crippen LogP contribution in [0.2, 0.25) is 0 Å². The zero-order valence-corrected chi connectivity index (χ0v) is 10.4. The monoisotopic (exact) mass is 200 g/mol. The van der Waals surface area contributed by atoms with E-state index in [2.05, 4.69) is 31.4 Å². The fraction of sp³-hybridized carbons (Fsp3) is 1.00. The summed E-state index contributed by atoms with van der Waals surface area (Å²) >= 11 is 0. The van der Waals surface area contributed by atoms with Crippen LogP contribution in [0.3, 0.4) is 0 Å². The first-order valence-corrected chi connectivity index (χ1v) is 5.97. The molecule has 0 bridgehead atoms. The minimum absolute atomic E-state index is 0.470. The van der Waals surface area contributed by atoms with Crippen molar-refractivity contribution in [1.82, 2.24) is 10.6 Å². The maximum atomic E-state index is 3.54. The topological polar surface area (TPSA) is 24.1 Å². The third-order valence-electron chi connectivity index (χ3n) is 2.56. The van der Waals surface area contributed by atoms with Crippen molar-refractivity contribution in [2.75, 3.05) is 26.7 Å². The zero-order chi connectivity index (χ0) is 10.9. The summed E-state index contributed by atoms with van der Waals surface area (Å²) in [6, 6.07) is 0. The third-order valence-corrected chi connectivity index (χ3v) is 2.56. The van der Waals surface area contributed by atoms with Crippen molar-refractivity contribution < 1.29 is 0 Å². The van der Waals surface area contributed by atoms with E-state index in [1.54, 1.807) is 0 Å². The molecule has 2 N–H and O–H groups in total. The quantitative estimate of drug-likeness (QED) is 0.559. The maximum Gasteiger partial charge on any atom is 0.000251 e. The van der Waals surface area contributed by atoms with E-state index in [4.69, 9.17) is 0 Å². The summed E-state index contributed by atoms with van der Waals surface area (Å²) in [5, 5.41) is 6.71. The Hall–Kier alpha value is -0.0800. The molecule has 2 heteroatoms. The summed E-state index contributed by atoms with van der Waals surface area (Å²) in [5.74, 6) is 0. The second-order valence-corrected chi connectivity index (χ2v) is 4.90. The lowest BCUT2D eigenvalue weighted by Gasteiger charge is -2.24. The van der Waals surface area contributed by atoms with E-state index < -0.39 is 0 Å². The van der Waals surface area contributed by atoms with Crippen LogP contribution in [0.5, 0.6) is 0 Å². The van der Waals surface area contributed by atoms with Gasteiger partial charge in [-0.3, -0.25) is 0 Å². The van der Waals surface area contributed by atoms with E-state index >= 15 is 0 Å². The van der Waals surface area contributed by atoms with Gasteiger partial charge in [0.05, 0.1) is 0 Å². The lowest BCUT2D eigenvalue weighted by atomic mass is 9.88. The van der Waals surface area contributed by atoms with Crippen LogP contribution < -0.4 is 10.6 Å². The van der Waals surface area contributed by atoms with Crippen LogP contribution in [0.1, 0.15) is 46.5 Å². The van der Waals surface area contributed by atoms with Crippen molar-refractivity contribution in [2.45, 2.75) is 46.5 Å². The SMILES string of the molecule is CCCC(C)(C)CNCCCCNC. The lowest BCUT2D eigenvalue weighted by Crippen LogP contribution is -2.30. The van der Waals surface area contributed by atoms with Crippen LogP contribution in [0, 0.1) is 5.41 Å². The summed E-state index contributed by atoms with van der Waals surface area (Å²) in [5.41, 5.74) is 0.470. The van der Waals surface area contributed by atoms with Gasteiger partial charge in [0.1, 0.15) is 0 Å². The van der Waals surface area contributed by atoms with Crippen LogP contribution >= 0.6 is 0 Å². The highest BCUT2D eigenvalue weighted by Gasteiger charge is 2.14. The molecular formula is C12H28N2. The molecule has 0 aliphatic rings. The van der Waals surface area contributed by atoms with Gasteiger partial charge in [-0.25, -0.2) is 0 Å². The number of rotatable bonds is 9. The Balaban J connectivity index is 3.26. The molecular weight excluding hydrogens is 172 g/mol. The summed E-state index contributed by atoms with van der Waals surface area (Å²) in [6.07, 6.45) is 5.16. The van der Waals surface area contributed by atoms with Crippen molar-refractivity contribution in [1.29, 1.82) is 0 Å². The molecule has 0 unspecified atom stereocenters. The predicted octanol–water partition coefficient (Wildman–Crippen LogP) is 2.40. The molecule has 0 aliphatic carbocycles. The number of unbranched alkanes of at least 4 members (excludes halogenated alkanes) is 1. The highest BCUT2D eigenvalue weighted by atomic mass is 14.9. The van der Waals surface area contributed by atoms with E-state index in [-0.39, 0.29) is 0 Å². The van der Waals surface area contributed by atoms with Crippen LogP contribution in [-0.2, 0) is 0 Å². The molecule has 0 saturated heterocycles. The molecule has 0 heterocycles. The Bertz CT molecular complexity index is 121. The fourth-order valence-corrected chi connectivity index (χ4v) is 1.74. The Morgan fingerprint density at radius 3 is 2.29 bits per heavy atom. The minimum Gasteiger partial charge on any atom is -0.320 e. The maximum absolute atomic E-state index is 3.54. The number of hydrogen-bond acceptors (Lipinski definition) is 2. The second-order valence-electron chi connectivity index (χ2n) is 4.90. The Kier molecular flexibility index (Phi) is 8.20. The van der Waals surface area contributed by atoms with Crippen molar-refractivity contribution in [3.8, 4) is 0 Å². The van der Waals surface area contributed by atoms with Gasteiger partial charge in [0, 0.05) is 6.54 Å². The van der Waals surface area contributed by atoms with Gasteiger partial charge in [-0.05, 0) is 44.8 Å². The van der Waals surface area contributed by atoms with Crippen molar-refractivity contribution in [3.05, 3.63) is 0 Å². The van der Waals surface area contributed by atoms with Gasteiger partial charge in [0.2, 0.25) is 0 Å². The fourth-order valence-electron chi connectivity index (χ4n) is 1.74. The third kappa shape index (κ3) is 8.52. The number of nitrogens with one attached hydrogen (secondary N) is 2. The Morgan fingerprint density at radius 1 is 1.07 bits per heavy atom. The van der Waals surface area contributed by atoms with Gasteiger partial charge < -0.3 is 10.6 Å². The van der Waals surface area contributed by atoms with E-state index in [9.17, 15) is 0 Å². The molecule has 0 amide bonds. The molecule has 0 fully saturated rings. The van der Waals surface area contributed by atoms with Gasteiger partial charge in [-0.2, -0.15) is 0 Å². The van der Waals surface area contributed by atoms with Gasteiger partial charge in [0.25, 0.3) is 0 Å². The van der Waals surface area contributed by atoms with Gasteiger partial charge in [-0.15, -0.1) is 0 Å². The molecule has 0 aromatic rings. The molecule has 0 aromatic heterocycles. The molecule has 86 valence electrons. The first kappa shape index (κ1) is 13.9. The van der Waals surface area contributed by atoms with Crippen molar-refractivity contribution in [2.24, 2.45) is 5.41 Å². The van der Waals surface area contributed by atoms with Crippen molar-refractivity contribution >= 4 is 0 Å². The normalized spacial score (nSPS) is 12.0. The summed E-state index contributed by atoms with van der Waals surface area (Å²) < 4.78 is 0. The molecule has 0 saturated carbocycles. The highest BCUT2D eigenvalue weighted by molar-refractivity contribution is 4.70. The Morgan fingerprint density at radius 2 is 1.71 bits per heavy atom. The summed E-state index contributed by atoms with van der Waals surface area (Å²) in [4.78, 5) is 0. The van der Waals surface area contributed by atoms with E-state index in [0.29, 0.717) is 5.41 Å². The van der Waals surface area contributed by atoms with E-state index in [0.717, 1.165) is 19.6 Å². The molecule has 0 atom stereocenters. The second kappa shape index (κ2) is 8.25. The molecule has 0 aromatic carbocycles. The summed E-state index contributed by atoms with van der Waals surface area (Å²) in [6.45, 7) is 10.4. The summed E-state index contributed by atoms with van der Waals surface area (Å²) in [7, 11) is 2.01. The van der Waals surface area contributed by atoms with Crippen LogP contribution in [0.25, 0.3) is 0 Å². The molecule has 0 aliphatic heterocycles. The van der Waals surface area contributed by atoms with Crippen LogP contribution in [0.4, 0.5) is 0 Å². The molecule has 0 rings (SSSR count). The van der Waals surface area contributed by atoms with Gasteiger partial charge in [-0.1, -0.05) is 27.2 Å². The zero-order valence-electron chi connectivity index (χ0n) is 10.4. The van der Waals surface area contributed by atoms with Gasteiger partial charge >= 0.3 is 0 Å². The largest absolute Gasteiger partial charge is 0.320 e. The highest BCUT2D eigenvalue weighted by Crippen LogP contribution is 2.20. The average molecular weight is 200 g/mol. The molecule has 2 nitrogen and oxygen atoms in total. The molecule has 14 heavy (non-hydrogen) atoms. The van der Waals surface area contributed by atoms with E-state index in [1.807, 2.05) is 7.05 Å². The standard InChI is InChI=1S/C12H28N2/c1-5-8-12(2,3)11-14-10-7-6-9-13-4/h13-14H,5-11H2,1-4H3. The average Bonchev–Trinajstić information content (AvgIpc) is 2.11. The number of hydrogen-bond donors (Lipinski definition) is 2. The minimum atomic E-state index is 0.470. The lowest BCUT2D eigenvalue weighted by molar-refractivity contribution is 0.310. The predicted molar refractivity (Wildman–Crippen MR) is 64.7 cm³/mol. The van der Waals surface area contributed by atoms with Crippen LogP contribution in [-0.4, -0.2) is 26.7 Å². The first-order chi connectivity index (χ1) is 6.62. The first-order valence-electron chi connectivity index (χ1n) is 5.97. The van der Waals surface area contributed by atoms with Crippen molar-refractivity contribution in [3.63, 3.8) is 0 Å². The molecule has 0 radical (unpaired) electrons. The molecule has 0 spiro atoms. The smallest absolute Gasteiger partial charge is 0.000251 e. The van der Waals surface area contributed by atoms with Gasteiger partial charge in [0.15, 0.2) is 0 Å².